The minimum Gasteiger partial charge on any atom is -0.497 e. The highest BCUT2D eigenvalue weighted by Gasteiger charge is 2.61. The van der Waals surface area contributed by atoms with Gasteiger partial charge in [0.25, 0.3) is 0 Å². The summed E-state index contributed by atoms with van der Waals surface area (Å²) in [6.45, 7) is 5.95. The Morgan fingerprint density at radius 1 is 1.03 bits per heavy atom. The molecular formula is C31H41NO6. The molecule has 38 heavy (non-hydrogen) atoms. The smallest absolute Gasteiger partial charge is 0.220 e. The van der Waals surface area contributed by atoms with Gasteiger partial charge in [-0.1, -0.05) is 44.2 Å². The van der Waals surface area contributed by atoms with Crippen LogP contribution >= 0.6 is 0 Å². The van der Waals surface area contributed by atoms with Crippen LogP contribution in [0.15, 0.2) is 54.6 Å². The van der Waals surface area contributed by atoms with Crippen LogP contribution < -0.4 is 14.8 Å². The zero-order valence-corrected chi connectivity index (χ0v) is 22.7. The minimum absolute atomic E-state index is 0.0201. The molecule has 1 saturated heterocycles. The summed E-state index contributed by atoms with van der Waals surface area (Å²) in [6.07, 6.45) is 2.90. The number of benzene rings is 2. The summed E-state index contributed by atoms with van der Waals surface area (Å²) in [5, 5.41) is 14.2. The number of carbonyl (C=O) groups excluding carboxylic acids is 1. The van der Waals surface area contributed by atoms with E-state index in [-0.39, 0.29) is 28.8 Å². The van der Waals surface area contributed by atoms with Crippen molar-refractivity contribution < 1.29 is 28.8 Å². The molecule has 2 N–H and O–H groups in total. The normalized spacial score (nSPS) is 34.5. The number of methoxy groups -OCH3 is 1. The van der Waals surface area contributed by atoms with Gasteiger partial charge >= 0.3 is 0 Å². The van der Waals surface area contributed by atoms with Crippen molar-refractivity contribution in [3.8, 4) is 11.5 Å². The second-order valence-electron chi connectivity index (χ2n) is 11.7. The highest BCUT2D eigenvalue weighted by molar-refractivity contribution is 5.76. The van der Waals surface area contributed by atoms with E-state index in [1.165, 1.54) is 0 Å². The molecule has 7 nitrogen and oxygen atoms in total. The van der Waals surface area contributed by atoms with Gasteiger partial charge in [-0.05, 0) is 72.8 Å². The highest BCUT2D eigenvalue weighted by Crippen LogP contribution is 2.62. The molecule has 0 bridgehead atoms. The number of aliphatic hydroxyl groups excluding tert-OH is 1. The first kappa shape index (κ1) is 27.0. The Kier molecular flexibility index (Phi) is 7.98. The van der Waals surface area contributed by atoms with E-state index in [1.807, 2.05) is 54.6 Å². The molecule has 7 atom stereocenters. The van der Waals surface area contributed by atoms with Gasteiger partial charge < -0.3 is 29.4 Å². The zero-order valence-electron chi connectivity index (χ0n) is 22.7. The first-order chi connectivity index (χ1) is 18.3. The van der Waals surface area contributed by atoms with Crippen LogP contribution in [0, 0.1) is 22.7 Å². The molecule has 3 fully saturated rings. The van der Waals surface area contributed by atoms with Gasteiger partial charge in [0.2, 0.25) is 5.91 Å². The first-order valence-electron chi connectivity index (χ1n) is 13.8. The van der Waals surface area contributed by atoms with E-state index < -0.39 is 12.4 Å². The van der Waals surface area contributed by atoms with Crippen LogP contribution in [-0.2, 0) is 20.8 Å². The average Bonchev–Trinajstić information content (AvgIpc) is 2.93. The molecule has 1 amide bonds. The number of hydrogen-bond acceptors (Lipinski definition) is 6. The van der Waals surface area contributed by atoms with E-state index in [0.29, 0.717) is 38.5 Å². The number of nitrogens with one attached hydrogen (secondary N) is 1. The van der Waals surface area contributed by atoms with Crippen molar-refractivity contribution in [2.45, 2.75) is 71.0 Å². The lowest BCUT2D eigenvalue weighted by Crippen LogP contribution is -2.63. The van der Waals surface area contributed by atoms with Gasteiger partial charge in [0.05, 0.1) is 25.9 Å². The van der Waals surface area contributed by atoms with E-state index in [9.17, 15) is 9.90 Å². The van der Waals surface area contributed by atoms with Gasteiger partial charge in [0.15, 0.2) is 6.29 Å². The van der Waals surface area contributed by atoms with Crippen molar-refractivity contribution in [2.75, 3.05) is 20.3 Å². The Morgan fingerprint density at radius 3 is 2.53 bits per heavy atom. The number of fused-ring (bicyclic) bond motifs is 3. The quantitative estimate of drug-likeness (QED) is 0.521. The standard InChI is InChI=1S/C31H41NO6/c1-30-16-15-27-31(2,20-37-29(38-27)19-36-23-7-5-4-6-8-23)26(30)14-13-25(33)24(30)17-28(34)32-18-21-9-11-22(35-3)12-10-21/h4-12,24-27,29,33H,13-20H2,1-3H3,(H,32,34)/t24-,25-,26?,27-,29-,30+,31+/m1/s1. The van der Waals surface area contributed by atoms with Crippen LogP contribution in [0.25, 0.3) is 0 Å². The lowest BCUT2D eigenvalue weighted by atomic mass is 9.46. The molecule has 2 aromatic rings. The molecule has 5 rings (SSSR count). The van der Waals surface area contributed by atoms with Crippen molar-refractivity contribution in [3.05, 3.63) is 60.2 Å². The molecule has 3 aliphatic rings. The van der Waals surface area contributed by atoms with Crippen LogP contribution in [-0.4, -0.2) is 49.8 Å². The van der Waals surface area contributed by atoms with E-state index in [1.54, 1.807) is 7.11 Å². The summed E-state index contributed by atoms with van der Waals surface area (Å²) >= 11 is 0. The molecule has 0 radical (unpaired) electrons. The molecule has 2 saturated carbocycles. The fraction of sp³-hybridized carbons (Fsp3) is 0.581. The monoisotopic (exact) mass is 523 g/mol. The summed E-state index contributed by atoms with van der Waals surface area (Å²) < 4.78 is 23.8. The molecule has 1 aliphatic heterocycles. The summed E-state index contributed by atoms with van der Waals surface area (Å²) in [5.74, 6) is 1.77. The lowest BCUT2D eigenvalue weighted by molar-refractivity contribution is -0.313. The van der Waals surface area contributed by atoms with Crippen molar-refractivity contribution in [3.63, 3.8) is 0 Å². The highest BCUT2D eigenvalue weighted by atomic mass is 16.7. The Bertz CT molecular complexity index is 1080. The van der Waals surface area contributed by atoms with Crippen LogP contribution in [0.3, 0.4) is 0 Å². The lowest BCUT2D eigenvalue weighted by Gasteiger charge is -2.62. The van der Waals surface area contributed by atoms with Gasteiger partial charge in [-0.25, -0.2) is 0 Å². The SMILES string of the molecule is COc1ccc(CNC(=O)C[C@@H]2[C@H](O)CCC3[C@]4(C)CO[C@@H](COc5ccccc5)O[C@@H]4CC[C@]32C)cc1. The number of rotatable bonds is 8. The maximum atomic E-state index is 13.1. The van der Waals surface area contributed by atoms with E-state index >= 15 is 0 Å². The zero-order chi connectivity index (χ0) is 26.8. The van der Waals surface area contributed by atoms with Gasteiger partial charge in [0.1, 0.15) is 18.1 Å². The molecule has 206 valence electrons. The van der Waals surface area contributed by atoms with E-state index in [0.717, 1.165) is 36.3 Å². The predicted molar refractivity (Wildman–Crippen MR) is 144 cm³/mol. The maximum absolute atomic E-state index is 13.1. The second kappa shape index (κ2) is 11.2. The molecule has 1 heterocycles. The van der Waals surface area contributed by atoms with E-state index in [2.05, 4.69) is 19.2 Å². The van der Waals surface area contributed by atoms with Gasteiger partial charge in [-0.2, -0.15) is 0 Å². The van der Waals surface area contributed by atoms with Crippen molar-refractivity contribution >= 4 is 5.91 Å². The second-order valence-corrected chi connectivity index (χ2v) is 11.7. The average molecular weight is 524 g/mol. The van der Waals surface area contributed by atoms with Crippen molar-refractivity contribution in [1.29, 1.82) is 0 Å². The Balaban J connectivity index is 1.21. The summed E-state index contributed by atoms with van der Waals surface area (Å²) in [5.41, 5.74) is 0.678. The molecule has 2 aliphatic carbocycles. The summed E-state index contributed by atoms with van der Waals surface area (Å²) in [7, 11) is 1.64. The molecule has 7 heteroatoms. The first-order valence-corrected chi connectivity index (χ1v) is 13.8. The third kappa shape index (κ3) is 5.42. The van der Waals surface area contributed by atoms with Crippen molar-refractivity contribution in [1.82, 2.24) is 5.32 Å². The third-order valence-corrected chi connectivity index (χ3v) is 9.42. The Morgan fingerprint density at radius 2 is 1.79 bits per heavy atom. The minimum atomic E-state index is -0.486. The van der Waals surface area contributed by atoms with Crippen molar-refractivity contribution in [2.24, 2.45) is 22.7 Å². The van der Waals surface area contributed by atoms with E-state index in [4.69, 9.17) is 18.9 Å². The van der Waals surface area contributed by atoms with Crippen LogP contribution in [0.5, 0.6) is 11.5 Å². The summed E-state index contributed by atoms with van der Waals surface area (Å²) in [4.78, 5) is 13.1. The maximum Gasteiger partial charge on any atom is 0.220 e. The summed E-state index contributed by atoms with van der Waals surface area (Å²) in [6, 6.07) is 17.4. The van der Waals surface area contributed by atoms with Crippen LogP contribution in [0.1, 0.15) is 51.5 Å². The number of amides is 1. The number of ether oxygens (including phenoxy) is 4. The number of carbonyl (C=O) groups is 1. The molecule has 0 aromatic heterocycles. The Labute approximate surface area is 225 Å². The number of aliphatic hydroxyl groups is 1. The number of hydrogen-bond donors (Lipinski definition) is 2. The molecule has 2 aromatic carbocycles. The molecule has 0 spiro atoms. The fourth-order valence-corrected chi connectivity index (χ4v) is 7.27. The van der Waals surface area contributed by atoms with Gasteiger partial charge in [0, 0.05) is 18.4 Å². The van der Waals surface area contributed by atoms with Gasteiger partial charge in [-0.15, -0.1) is 0 Å². The number of para-hydroxylation sites is 1. The Hall–Kier alpha value is -2.61. The van der Waals surface area contributed by atoms with Crippen LogP contribution in [0.2, 0.25) is 0 Å². The third-order valence-electron chi connectivity index (χ3n) is 9.42. The topological polar surface area (TPSA) is 86.3 Å². The fourth-order valence-electron chi connectivity index (χ4n) is 7.27. The van der Waals surface area contributed by atoms with Crippen LogP contribution in [0.4, 0.5) is 0 Å². The van der Waals surface area contributed by atoms with Gasteiger partial charge in [-0.3, -0.25) is 4.79 Å². The largest absolute Gasteiger partial charge is 0.497 e. The predicted octanol–water partition coefficient (Wildman–Crippen LogP) is 4.72. The molecular weight excluding hydrogens is 482 g/mol. The molecule has 1 unspecified atom stereocenters.